The third-order valence-electron chi connectivity index (χ3n) is 6.25. The summed E-state index contributed by atoms with van der Waals surface area (Å²) in [5.41, 5.74) is 0.746. The Morgan fingerprint density at radius 1 is 1.00 bits per heavy atom. The third kappa shape index (κ3) is 5.45. The standard InChI is InChI=1S/C28H19ClF5N3O2S/c1-39-26(21-14-36-27-20(21)12-16(13-35-27)15-2-6-18(29)7-3-15)24-22(30)10-11-23(25(24)31)37-40(38)19-8-4-17(5-9-19)28(32,33)34/h2-14,26,37H,1H3,(H,35,36). The molecule has 0 fully saturated rings. The van der Waals surface area contributed by atoms with Crippen molar-refractivity contribution in [2.24, 2.45) is 0 Å². The maximum atomic E-state index is 15.7. The van der Waals surface area contributed by atoms with Gasteiger partial charge in [0.05, 0.1) is 21.7 Å². The van der Waals surface area contributed by atoms with Crippen molar-refractivity contribution in [2.75, 3.05) is 11.8 Å². The summed E-state index contributed by atoms with van der Waals surface area (Å²) in [6.45, 7) is 0. The number of pyridine rings is 1. The molecule has 2 atom stereocenters. The Balaban J connectivity index is 1.49. The number of fused-ring (bicyclic) bond motifs is 1. The minimum absolute atomic E-state index is 0.0287. The number of halogens is 6. The minimum Gasteiger partial charge on any atom is -0.372 e. The first-order chi connectivity index (χ1) is 19.1. The molecule has 2 heterocycles. The molecule has 5 rings (SSSR count). The minimum atomic E-state index is -4.56. The van der Waals surface area contributed by atoms with E-state index in [0.717, 1.165) is 47.5 Å². The van der Waals surface area contributed by atoms with E-state index < -0.39 is 46.0 Å². The lowest BCUT2D eigenvalue weighted by Crippen LogP contribution is -2.13. The normalized spacial score (nSPS) is 13.4. The Kier molecular flexibility index (Phi) is 7.63. The largest absolute Gasteiger partial charge is 0.416 e. The molecule has 0 radical (unpaired) electrons. The summed E-state index contributed by atoms with van der Waals surface area (Å²) in [7, 11) is -0.850. The fourth-order valence-corrected chi connectivity index (χ4v) is 5.24. The molecule has 0 aliphatic rings. The van der Waals surface area contributed by atoms with Crippen LogP contribution in [-0.2, 0) is 21.9 Å². The second-order valence-corrected chi connectivity index (χ2v) is 10.4. The molecule has 5 aromatic rings. The van der Waals surface area contributed by atoms with Gasteiger partial charge in [-0.05, 0) is 60.2 Å². The number of H-pyrrole nitrogens is 1. The second kappa shape index (κ2) is 11.0. The number of nitrogens with one attached hydrogen (secondary N) is 2. The lowest BCUT2D eigenvalue weighted by molar-refractivity contribution is -0.137. The van der Waals surface area contributed by atoms with Gasteiger partial charge >= 0.3 is 6.18 Å². The fraction of sp³-hybridized carbons (Fsp3) is 0.107. The smallest absolute Gasteiger partial charge is 0.372 e. The van der Waals surface area contributed by atoms with E-state index in [9.17, 15) is 17.4 Å². The summed E-state index contributed by atoms with van der Waals surface area (Å²) in [6, 6.07) is 14.5. The van der Waals surface area contributed by atoms with Crippen LogP contribution in [0.15, 0.2) is 84.0 Å². The Hall–Kier alpha value is -3.80. The van der Waals surface area contributed by atoms with Gasteiger partial charge in [-0.25, -0.2) is 18.0 Å². The number of benzene rings is 3. The van der Waals surface area contributed by atoms with Crippen LogP contribution in [0, 0.1) is 11.6 Å². The van der Waals surface area contributed by atoms with E-state index in [1.807, 2.05) is 12.1 Å². The third-order valence-corrected chi connectivity index (χ3v) is 7.60. The molecular formula is C28H19ClF5N3O2S. The molecule has 206 valence electrons. The number of hydrogen-bond acceptors (Lipinski definition) is 3. The fourth-order valence-electron chi connectivity index (χ4n) is 4.26. The van der Waals surface area contributed by atoms with Gasteiger partial charge < -0.3 is 9.72 Å². The number of methoxy groups -OCH3 is 1. The summed E-state index contributed by atoms with van der Waals surface area (Å²) in [5.74, 6) is -1.98. The van der Waals surface area contributed by atoms with E-state index in [-0.39, 0.29) is 10.6 Å². The monoisotopic (exact) mass is 591 g/mol. The topological polar surface area (TPSA) is 67.0 Å². The van der Waals surface area contributed by atoms with E-state index in [0.29, 0.717) is 21.6 Å². The SMILES string of the molecule is COC(c1c(F)ccc(NS(=O)c2ccc(C(F)(F)F)cc2)c1F)c1c[nH]c2ncc(-c3ccc(Cl)cc3)cc12. The molecule has 3 aromatic carbocycles. The van der Waals surface area contributed by atoms with Crippen LogP contribution in [0.25, 0.3) is 22.2 Å². The lowest BCUT2D eigenvalue weighted by Gasteiger charge is -2.19. The van der Waals surface area contributed by atoms with E-state index in [2.05, 4.69) is 14.7 Å². The molecule has 0 saturated heterocycles. The molecule has 0 bridgehead atoms. The first kappa shape index (κ1) is 27.8. The van der Waals surface area contributed by atoms with Crippen LogP contribution >= 0.6 is 11.6 Å². The van der Waals surface area contributed by atoms with Gasteiger partial charge in [0, 0.05) is 41.0 Å². The van der Waals surface area contributed by atoms with Crippen LogP contribution in [0.4, 0.5) is 27.6 Å². The summed E-state index contributed by atoms with van der Waals surface area (Å²) < 4.78 is 90.1. The van der Waals surface area contributed by atoms with E-state index in [1.54, 1.807) is 24.4 Å². The Morgan fingerprint density at radius 3 is 2.35 bits per heavy atom. The van der Waals surface area contributed by atoms with Gasteiger partial charge in [-0.15, -0.1) is 0 Å². The zero-order valence-corrected chi connectivity index (χ0v) is 22.1. The number of aromatic amines is 1. The van der Waals surface area contributed by atoms with Crippen molar-refractivity contribution >= 4 is 39.3 Å². The maximum Gasteiger partial charge on any atom is 0.416 e. The number of hydrogen-bond donors (Lipinski definition) is 2. The zero-order valence-electron chi connectivity index (χ0n) is 20.5. The molecule has 2 unspecified atom stereocenters. The first-order valence-corrected chi connectivity index (χ1v) is 13.2. The summed E-state index contributed by atoms with van der Waals surface area (Å²) in [6.07, 6.45) is -2.60. The highest BCUT2D eigenvalue weighted by Gasteiger charge is 2.30. The van der Waals surface area contributed by atoms with E-state index >= 15 is 8.78 Å². The highest BCUT2D eigenvalue weighted by molar-refractivity contribution is 7.86. The Labute approximate surface area is 232 Å². The van der Waals surface area contributed by atoms with Gasteiger partial charge in [-0.1, -0.05) is 23.7 Å². The first-order valence-electron chi connectivity index (χ1n) is 11.7. The molecule has 0 spiro atoms. The van der Waals surface area contributed by atoms with E-state index in [1.165, 1.54) is 13.3 Å². The van der Waals surface area contributed by atoms with Crippen molar-refractivity contribution in [3.63, 3.8) is 0 Å². The summed E-state index contributed by atoms with van der Waals surface area (Å²) in [5, 5.41) is 1.13. The van der Waals surface area contributed by atoms with E-state index in [4.69, 9.17) is 16.3 Å². The number of rotatable bonds is 7. The zero-order chi connectivity index (χ0) is 28.6. The van der Waals surface area contributed by atoms with Crippen LogP contribution in [0.5, 0.6) is 0 Å². The quantitative estimate of drug-likeness (QED) is 0.188. The number of alkyl halides is 3. The van der Waals surface area contributed by atoms with Crippen molar-refractivity contribution in [2.45, 2.75) is 17.2 Å². The van der Waals surface area contributed by atoms with Crippen molar-refractivity contribution < 1.29 is 30.9 Å². The maximum absolute atomic E-state index is 15.7. The van der Waals surface area contributed by atoms with Gasteiger partial charge in [0.1, 0.15) is 28.6 Å². The average Bonchev–Trinajstić information content (AvgIpc) is 3.35. The van der Waals surface area contributed by atoms with Crippen LogP contribution in [-0.4, -0.2) is 21.3 Å². The summed E-state index contributed by atoms with van der Waals surface area (Å²) >= 11 is 5.99. The number of aromatic nitrogens is 2. The van der Waals surface area contributed by atoms with Crippen LogP contribution in [0.3, 0.4) is 0 Å². The molecule has 2 aromatic heterocycles. The molecular weight excluding hydrogens is 573 g/mol. The summed E-state index contributed by atoms with van der Waals surface area (Å²) in [4.78, 5) is 7.37. The number of ether oxygens (including phenoxy) is 1. The van der Waals surface area contributed by atoms with Gasteiger partial charge in [0.2, 0.25) is 0 Å². The van der Waals surface area contributed by atoms with Crippen LogP contribution < -0.4 is 4.72 Å². The van der Waals surface area contributed by atoms with Crippen LogP contribution in [0.1, 0.15) is 22.8 Å². The Morgan fingerprint density at radius 2 is 1.70 bits per heavy atom. The highest BCUT2D eigenvalue weighted by atomic mass is 35.5. The molecule has 40 heavy (non-hydrogen) atoms. The average molecular weight is 592 g/mol. The van der Waals surface area contributed by atoms with Crippen molar-refractivity contribution in [1.29, 1.82) is 0 Å². The van der Waals surface area contributed by atoms with Crippen LogP contribution in [0.2, 0.25) is 5.02 Å². The molecule has 0 amide bonds. The van der Waals surface area contributed by atoms with Gasteiger partial charge in [-0.3, -0.25) is 4.72 Å². The predicted octanol–water partition coefficient (Wildman–Crippen LogP) is 8.05. The molecule has 2 N–H and O–H groups in total. The van der Waals surface area contributed by atoms with Crippen molar-refractivity contribution in [3.8, 4) is 11.1 Å². The van der Waals surface area contributed by atoms with Crippen molar-refractivity contribution in [3.05, 3.63) is 112 Å². The van der Waals surface area contributed by atoms with Crippen molar-refractivity contribution in [1.82, 2.24) is 9.97 Å². The number of anilines is 1. The predicted molar refractivity (Wildman–Crippen MR) is 143 cm³/mol. The Bertz CT molecular complexity index is 1710. The molecule has 12 heteroatoms. The van der Waals surface area contributed by atoms with Gasteiger partial charge in [0.15, 0.2) is 5.82 Å². The molecule has 0 aliphatic carbocycles. The molecule has 0 saturated carbocycles. The van der Waals surface area contributed by atoms with Gasteiger partial charge in [-0.2, -0.15) is 13.2 Å². The molecule has 0 aliphatic heterocycles. The lowest BCUT2D eigenvalue weighted by atomic mass is 9.98. The highest BCUT2D eigenvalue weighted by Crippen LogP contribution is 2.37. The number of nitrogens with zero attached hydrogens (tertiary/aromatic N) is 1. The van der Waals surface area contributed by atoms with Gasteiger partial charge in [0.25, 0.3) is 0 Å². The second-order valence-electron chi connectivity index (χ2n) is 8.70. The molecule has 5 nitrogen and oxygen atoms in total.